The summed E-state index contributed by atoms with van der Waals surface area (Å²) in [5.41, 5.74) is -0.220. The third kappa shape index (κ3) is 2.21. The number of anilines is 1. The Hall–Kier alpha value is -1.85. The summed E-state index contributed by atoms with van der Waals surface area (Å²) in [7, 11) is 0. The molecule has 1 aromatic heterocycles. The Balaban J connectivity index is 2.15. The number of H-pyrrole nitrogens is 1. The van der Waals surface area contributed by atoms with E-state index < -0.39 is 5.97 Å². The number of hydrogen-bond acceptors (Lipinski definition) is 4. The molecule has 1 unspecified atom stereocenters. The summed E-state index contributed by atoms with van der Waals surface area (Å²) < 4.78 is 0. The fourth-order valence-corrected chi connectivity index (χ4v) is 1.92. The molecular formula is C10H13N3O3. The molecule has 0 aromatic carbocycles. The summed E-state index contributed by atoms with van der Waals surface area (Å²) in [5.74, 6) is -0.598. The van der Waals surface area contributed by atoms with Crippen LogP contribution in [0.2, 0.25) is 0 Å². The minimum atomic E-state index is -0.783. The second kappa shape index (κ2) is 4.34. The van der Waals surface area contributed by atoms with Gasteiger partial charge in [0.15, 0.2) is 0 Å². The molecule has 0 aliphatic carbocycles. The third-order valence-corrected chi connectivity index (χ3v) is 2.76. The van der Waals surface area contributed by atoms with Crippen molar-refractivity contribution in [3.63, 3.8) is 0 Å². The molecule has 0 bridgehead atoms. The van der Waals surface area contributed by atoms with Gasteiger partial charge >= 0.3 is 5.97 Å². The summed E-state index contributed by atoms with van der Waals surface area (Å²) in [6.45, 7) is 1.17. The maximum absolute atomic E-state index is 11.1. The summed E-state index contributed by atoms with van der Waals surface area (Å²) in [4.78, 5) is 30.3. The van der Waals surface area contributed by atoms with Crippen molar-refractivity contribution in [3.05, 3.63) is 22.7 Å². The van der Waals surface area contributed by atoms with E-state index in [1.807, 2.05) is 4.90 Å². The van der Waals surface area contributed by atoms with Gasteiger partial charge in [-0.15, -0.1) is 0 Å². The first-order chi connectivity index (χ1) is 7.66. The lowest BCUT2D eigenvalue weighted by Gasteiger charge is -2.31. The van der Waals surface area contributed by atoms with Crippen molar-refractivity contribution in [2.75, 3.05) is 18.0 Å². The van der Waals surface area contributed by atoms with Gasteiger partial charge in [-0.1, -0.05) is 0 Å². The van der Waals surface area contributed by atoms with Crippen molar-refractivity contribution in [1.29, 1.82) is 0 Å². The van der Waals surface area contributed by atoms with E-state index in [9.17, 15) is 9.59 Å². The number of nitrogens with one attached hydrogen (secondary N) is 1. The van der Waals surface area contributed by atoms with Crippen LogP contribution < -0.4 is 10.5 Å². The van der Waals surface area contributed by atoms with Crippen LogP contribution in [0.25, 0.3) is 0 Å². The lowest BCUT2D eigenvalue weighted by Crippen LogP contribution is -2.39. The van der Waals surface area contributed by atoms with Crippen LogP contribution in [-0.4, -0.2) is 34.1 Å². The highest BCUT2D eigenvalue weighted by Crippen LogP contribution is 2.20. The maximum atomic E-state index is 11.1. The number of carbonyl (C=O) groups is 1. The van der Waals surface area contributed by atoms with E-state index in [2.05, 4.69) is 9.97 Å². The van der Waals surface area contributed by atoms with Crippen LogP contribution in [0.1, 0.15) is 12.8 Å². The lowest BCUT2D eigenvalue weighted by molar-refractivity contribution is -0.141. The summed E-state index contributed by atoms with van der Waals surface area (Å²) >= 11 is 0. The predicted octanol–water partition coefficient (Wildman–Crippen LogP) is 0.0709. The number of rotatable bonds is 2. The van der Waals surface area contributed by atoms with Gasteiger partial charge < -0.3 is 15.0 Å². The quantitative estimate of drug-likeness (QED) is 0.741. The molecule has 6 nitrogen and oxygen atoms in total. The number of aromatic nitrogens is 2. The second-order valence-corrected chi connectivity index (χ2v) is 3.89. The van der Waals surface area contributed by atoms with Crippen LogP contribution >= 0.6 is 0 Å². The molecule has 1 atom stereocenters. The SMILES string of the molecule is O=C(O)C1CCCN(c2cc(=O)[nH]cn2)C1. The Bertz CT molecular complexity index is 443. The van der Waals surface area contributed by atoms with E-state index in [0.29, 0.717) is 18.8 Å². The first-order valence-corrected chi connectivity index (χ1v) is 5.19. The Morgan fingerprint density at radius 2 is 2.44 bits per heavy atom. The Morgan fingerprint density at radius 1 is 1.62 bits per heavy atom. The van der Waals surface area contributed by atoms with Gasteiger partial charge in [0.25, 0.3) is 5.56 Å². The van der Waals surface area contributed by atoms with Gasteiger partial charge in [-0.05, 0) is 12.8 Å². The van der Waals surface area contributed by atoms with E-state index in [1.165, 1.54) is 12.4 Å². The van der Waals surface area contributed by atoms with E-state index in [1.54, 1.807) is 0 Å². The molecule has 2 rings (SSSR count). The fourth-order valence-electron chi connectivity index (χ4n) is 1.92. The Morgan fingerprint density at radius 3 is 3.12 bits per heavy atom. The van der Waals surface area contributed by atoms with Crippen LogP contribution in [0, 0.1) is 5.92 Å². The number of nitrogens with zero attached hydrogens (tertiary/aromatic N) is 2. The third-order valence-electron chi connectivity index (χ3n) is 2.76. The fraction of sp³-hybridized carbons (Fsp3) is 0.500. The average molecular weight is 223 g/mol. The molecule has 86 valence electrons. The molecule has 1 saturated heterocycles. The smallest absolute Gasteiger partial charge is 0.308 e. The highest BCUT2D eigenvalue weighted by Gasteiger charge is 2.25. The molecule has 2 heterocycles. The van der Waals surface area contributed by atoms with E-state index >= 15 is 0 Å². The molecule has 1 aliphatic rings. The van der Waals surface area contributed by atoms with Crippen molar-refractivity contribution in [1.82, 2.24) is 9.97 Å². The topological polar surface area (TPSA) is 86.3 Å². The molecule has 1 aromatic rings. The van der Waals surface area contributed by atoms with Gasteiger partial charge in [-0.3, -0.25) is 9.59 Å². The largest absolute Gasteiger partial charge is 0.481 e. The molecule has 0 radical (unpaired) electrons. The number of piperidine rings is 1. The zero-order valence-corrected chi connectivity index (χ0v) is 8.72. The zero-order valence-electron chi connectivity index (χ0n) is 8.72. The van der Waals surface area contributed by atoms with Crippen LogP contribution in [0.15, 0.2) is 17.2 Å². The van der Waals surface area contributed by atoms with Crippen LogP contribution in [0.4, 0.5) is 5.82 Å². The van der Waals surface area contributed by atoms with Gasteiger partial charge in [0.1, 0.15) is 5.82 Å². The van der Waals surface area contributed by atoms with Crippen molar-refractivity contribution in [2.24, 2.45) is 5.92 Å². The number of aliphatic carboxylic acids is 1. The Kier molecular flexibility index (Phi) is 2.89. The molecule has 1 fully saturated rings. The first kappa shape index (κ1) is 10.7. The van der Waals surface area contributed by atoms with Crippen LogP contribution in [-0.2, 0) is 4.79 Å². The monoisotopic (exact) mass is 223 g/mol. The van der Waals surface area contributed by atoms with E-state index in [4.69, 9.17) is 5.11 Å². The first-order valence-electron chi connectivity index (χ1n) is 5.19. The molecule has 6 heteroatoms. The average Bonchev–Trinajstić information content (AvgIpc) is 2.29. The van der Waals surface area contributed by atoms with Gasteiger partial charge in [-0.25, -0.2) is 4.98 Å². The van der Waals surface area contributed by atoms with E-state index in [-0.39, 0.29) is 11.5 Å². The standard InChI is InChI=1S/C10H13N3O3/c14-9-4-8(11-6-12-9)13-3-1-2-7(5-13)10(15)16/h4,6-7H,1-3,5H2,(H,15,16)(H,11,12,14). The second-order valence-electron chi connectivity index (χ2n) is 3.89. The molecule has 2 N–H and O–H groups in total. The highest BCUT2D eigenvalue weighted by atomic mass is 16.4. The van der Waals surface area contributed by atoms with Gasteiger partial charge in [0.05, 0.1) is 12.2 Å². The van der Waals surface area contributed by atoms with Gasteiger partial charge in [0.2, 0.25) is 0 Å². The molecule has 0 saturated carbocycles. The number of hydrogen-bond donors (Lipinski definition) is 2. The predicted molar refractivity (Wildman–Crippen MR) is 57.4 cm³/mol. The molecule has 16 heavy (non-hydrogen) atoms. The number of carboxylic acids is 1. The summed E-state index contributed by atoms with van der Waals surface area (Å²) in [6.07, 6.45) is 2.84. The molecule has 0 amide bonds. The minimum Gasteiger partial charge on any atom is -0.481 e. The van der Waals surface area contributed by atoms with Crippen molar-refractivity contribution >= 4 is 11.8 Å². The van der Waals surface area contributed by atoms with Crippen molar-refractivity contribution < 1.29 is 9.90 Å². The van der Waals surface area contributed by atoms with Gasteiger partial charge in [0, 0.05) is 19.2 Å². The molecule has 0 spiro atoms. The lowest BCUT2D eigenvalue weighted by atomic mass is 9.98. The number of aromatic amines is 1. The van der Waals surface area contributed by atoms with Crippen LogP contribution in [0.3, 0.4) is 0 Å². The zero-order chi connectivity index (χ0) is 11.5. The minimum absolute atomic E-state index is 0.220. The molecular weight excluding hydrogens is 210 g/mol. The Labute approximate surface area is 91.9 Å². The van der Waals surface area contributed by atoms with Crippen molar-refractivity contribution in [2.45, 2.75) is 12.8 Å². The highest BCUT2D eigenvalue weighted by molar-refractivity contribution is 5.71. The van der Waals surface area contributed by atoms with Gasteiger partial charge in [-0.2, -0.15) is 0 Å². The van der Waals surface area contributed by atoms with E-state index in [0.717, 1.165) is 13.0 Å². The van der Waals surface area contributed by atoms with Crippen molar-refractivity contribution in [3.8, 4) is 0 Å². The summed E-state index contributed by atoms with van der Waals surface area (Å²) in [5, 5.41) is 8.94. The normalized spacial score (nSPS) is 20.8. The summed E-state index contributed by atoms with van der Waals surface area (Å²) in [6, 6.07) is 1.39. The molecule has 1 aliphatic heterocycles. The van der Waals surface area contributed by atoms with Crippen LogP contribution in [0.5, 0.6) is 0 Å². The number of carboxylic acid groups (broad SMARTS) is 1. The maximum Gasteiger partial charge on any atom is 0.308 e.